The molecule has 1 unspecified atom stereocenters. The molecule has 112 valence electrons. The van der Waals surface area contributed by atoms with Crippen molar-refractivity contribution < 1.29 is 0 Å². The Morgan fingerprint density at radius 3 is 2.95 bits per heavy atom. The van der Waals surface area contributed by atoms with Gasteiger partial charge in [-0.2, -0.15) is 0 Å². The molecule has 1 aliphatic rings. The first-order valence-electron chi connectivity index (χ1n) is 7.64. The molecule has 0 bridgehead atoms. The molecular weight excluding hydrogens is 260 g/mol. The minimum Gasteiger partial charge on any atom is -0.337 e. The Morgan fingerprint density at radius 1 is 1.33 bits per heavy atom. The molecule has 1 aliphatic heterocycles. The summed E-state index contributed by atoms with van der Waals surface area (Å²) in [5, 5.41) is 3.50. The first kappa shape index (κ1) is 14.3. The summed E-state index contributed by atoms with van der Waals surface area (Å²) in [6.45, 7) is 8.48. The lowest BCUT2D eigenvalue weighted by molar-refractivity contribution is 0.144. The van der Waals surface area contributed by atoms with E-state index in [0.29, 0.717) is 6.04 Å². The Bertz CT molecular complexity index is 617. The van der Waals surface area contributed by atoms with Gasteiger partial charge in [0, 0.05) is 45.6 Å². The van der Waals surface area contributed by atoms with E-state index in [9.17, 15) is 0 Å². The number of aromatic nitrogens is 2. The van der Waals surface area contributed by atoms with Crippen LogP contribution in [0.15, 0.2) is 30.6 Å². The Labute approximate surface area is 126 Å². The molecule has 2 heterocycles. The number of benzene rings is 1. The van der Waals surface area contributed by atoms with Crippen molar-refractivity contribution in [1.29, 1.82) is 0 Å². The molecule has 2 aromatic rings. The summed E-state index contributed by atoms with van der Waals surface area (Å²) in [6, 6.07) is 6.95. The SMILES string of the molecule is Cc1cccc(CN2CCNCC2c2nccn2C)c1C. The van der Waals surface area contributed by atoms with Gasteiger partial charge in [-0.25, -0.2) is 4.98 Å². The van der Waals surface area contributed by atoms with Crippen molar-refractivity contribution in [2.24, 2.45) is 7.05 Å². The maximum absolute atomic E-state index is 4.55. The maximum atomic E-state index is 4.55. The second-order valence-corrected chi connectivity index (χ2v) is 5.95. The summed E-state index contributed by atoms with van der Waals surface area (Å²) < 4.78 is 2.13. The van der Waals surface area contributed by atoms with Crippen LogP contribution in [0.1, 0.15) is 28.6 Å². The highest BCUT2D eigenvalue weighted by Gasteiger charge is 2.26. The second kappa shape index (κ2) is 6.00. The first-order chi connectivity index (χ1) is 10.2. The van der Waals surface area contributed by atoms with Crippen LogP contribution in [0.2, 0.25) is 0 Å². The fourth-order valence-electron chi connectivity index (χ4n) is 3.09. The van der Waals surface area contributed by atoms with Crippen molar-refractivity contribution in [2.45, 2.75) is 26.4 Å². The van der Waals surface area contributed by atoms with E-state index in [1.807, 2.05) is 12.4 Å². The van der Waals surface area contributed by atoms with Gasteiger partial charge < -0.3 is 9.88 Å². The van der Waals surface area contributed by atoms with Crippen LogP contribution in [0.25, 0.3) is 0 Å². The van der Waals surface area contributed by atoms with Crippen molar-refractivity contribution >= 4 is 0 Å². The average Bonchev–Trinajstić information content (AvgIpc) is 2.90. The first-order valence-corrected chi connectivity index (χ1v) is 7.64. The van der Waals surface area contributed by atoms with E-state index in [2.05, 4.69) is 58.9 Å². The van der Waals surface area contributed by atoms with Crippen LogP contribution in [-0.4, -0.2) is 34.1 Å². The third-order valence-corrected chi connectivity index (χ3v) is 4.60. The Balaban J connectivity index is 1.85. The third-order valence-electron chi connectivity index (χ3n) is 4.60. The molecule has 1 N–H and O–H groups in total. The number of rotatable bonds is 3. The van der Waals surface area contributed by atoms with Crippen LogP contribution in [0.3, 0.4) is 0 Å². The van der Waals surface area contributed by atoms with Gasteiger partial charge >= 0.3 is 0 Å². The number of nitrogens with one attached hydrogen (secondary N) is 1. The van der Waals surface area contributed by atoms with Crippen LogP contribution in [0.4, 0.5) is 0 Å². The van der Waals surface area contributed by atoms with E-state index in [0.717, 1.165) is 32.0 Å². The van der Waals surface area contributed by atoms with Gasteiger partial charge in [0.05, 0.1) is 6.04 Å². The zero-order valence-corrected chi connectivity index (χ0v) is 13.1. The van der Waals surface area contributed by atoms with E-state index < -0.39 is 0 Å². The number of imidazole rings is 1. The van der Waals surface area contributed by atoms with Crippen LogP contribution in [-0.2, 0) is 13.6 Å². The molecule has 1 aromatic carbocycles. The summed E-state index contributed by atoms with van der Waals surface area (Å²) in [7, 11) is 2.08. The van der Waals surface area contributed by atoms with Crippen LogP contribution < -0.4 is 5.32 Å². The number of aryl methyl sites for hydroxylation is 2. The summed E-state index contributed by atoms with van der Waals surface area (Å²) in [4.78, 5) is 7.09. The average molecular weight is 284 g/mol. The van der Waals surface area contributed by atoms with Gasteiger partial charge in [-0.05, 0) is 30.5 Å². The molecule has 1 saturated heterocycles. The maximum Gasteiger partial charge on any atom is 0.127 e. The highest BCUT2D eigenvalue weighted by atomic mass is 15.3. The lowest BCUT2D eigenvalue weighted by Gasteiger charge is -2.36. The number of hydrogen-bond donors (Lipinski definition) is 1. The Hall–Kier alpha value is -1.65. The standard InChI is InChI=1S/C17H24N4/c1-13-5-4-6-15(14(13)2)12-21-10-7-18-11-16(21)17-19-8-9-20(17)3/h4-6,8-9,16,18H,7,10-12H2,1-3H3. The number of piperazine rings is 1. The molecule has 1 atom stereocenters. The monoisotopic (exact) mass is 284 g/mol. The molecule has 4 heteroatoms. The van der Waals surface area contributed by atoms with Gasteiger partial charge in [-0.3, -0.25) is 4.90 Å². The molecular formula is C17H24N4. The molecule has 0 saturated carbocycles. The Morgan fingerprint density at radius 2 is 2.19 bits per heavy atom. The molecule has 0 aliphatic carbocycles. The molecule has 4 nitrogen and oxygen atoms in total. The van der Waals surface area contributed by atoms with Crippen LogP contribution in [0, 0.1) is 13.8 Å². The van der Waals surface area contributed by atoms with Gasteiger partial charge in [0.2, 0.25) is 0 Å². The van der Waals surface area contributed by atoms with Gasteiger partial charge in [0.25, 0.3) is 0 Å². The molecule has 0 spiro atoms. The summed E-state index contributed by atoms with van der Waals surface area (Å²) in [5.74, 6) is 1.15. The largest absolute Gasteiger partial charge is 0.337 e. The Kier molecular flexibility index (Phi) is 4.08. The van der Waals surface area contributed by atoms with E-state index >= 15 is 0 Å². The molecule has 1 fully saturated rings. The minimum atomic E-state index is 0.346. The van der Waals surface area contributed by atoms with Crippen LogP contribution >= 0.6 is 0 Å². The zero-order valence-electron chi connectivity index (χ0n) is 13.1. The second-order valence-electron chi connectivity index (χ2n) is 5.95. The topological polar surface area (TPSA) is 33.1 Å². The van der Waals surface area contributed by atoms with E-state index in [4.69, 9.17) is 0 Å². The molecule has 21 heavy (non-hydrogen) atoms. The van der Waals surface area contributed by atoms with Crippen LogP contribution in [0.5, 0.6) is 0 Å². The van der Waals surface area contributed by atoms with Crippen molar-refractivity contribution in [3.63, 3.8) is 0 Å². The smallest absolute Gasteiger partial charge is 0.127 e. The van der Waals surface area contributed by atoms with E-state index in [1.165, 1.54) is 16.7 Å². The highest BCUT2D eigenvalue weighted by molar-refractivity contribution is 5.33. The molecule has 3 rings (SSSR count). The lowest BCUT2D eigenvalue weighted by atomic mass is 10.0. The van der Waals surface area contributed by atoms with Crippen molar-refractivity contribution in [2.75, 3.05) is 19.6 Å². The molecule has 1 aromatic heterocycles. The summed E-state index contributed by atoms with van der Waals surface area (Å²) >= 11 is 0. The zero-order chi connectivity index (χ0) is 14.8. The van der Waals surface area contributed by atoms with E-state index in [-0.39, 0.29) is 0 Å². The fourth-order valence-corrected chi connectivity index (χ4v) is 3.09. The lowest BCUT2D eigenvalue weighted by Crippen LogP contribution is -2.46. The highest BCUT2D eigenvalue weighted by Crippen LogP contribution is 2.24. The quantitative estimate of drug-likeness (QED) is 0.938. The number of hydrogen-bond acceptors (Lipinski definition) is 3. The summed E-state index contributed by atoms with van der Waals surface area (Å²) in [6.07, 6.45) is 3.92. The van der Waals surface area contributed by atoms with Crippen molar-refractivity contribution in [1.82, 2.24) is 19.8 Å². The van der Waals surface area contributed by atoms with Gasteiger partial charge in [0.15, 0.2) is 0 Å². The van der Waals surface area contributed by atoms with Crippen molar-refractivity contribution in [3.05, 3.63) is 53.1 Å². The summed E-state index contributed by atoms with van der Waals surface area (Å²) in [5.41, 5.74) is 4.21. The van der Waals surface area contributed by atoms with Crippen molar-refractivity contribution in [3.8, 4) is 0 Å². The van der Waals surface area contributed by atoms with E-state index in [1.54, 1.807) is 0 Å². The van der Waals surface area contributed by atoms with Gasteiger partial charge in [0.1, 0.15) is 5.82 Å². The molecule has 0 amide bonds. The predicted octanol–water partition coefficient (Wildman–Crippen LogP) is 2.18. The fraction of sp³-hybridized carbons (Fsp3) is 0.471. The predicted molar refractivity (Wildman–Crippen MR) is 85.1 cm³/mol. The van der Waals surface area contributed by atoms with Gasteiger partial charge in [-0.15, -0.1) is 0 Å². The number of nitrogens with zero attached hydrogens (tertiary/aromatic N) is 3. The minimum absolute atomic E-state index is 0.346. The normalized spacial score (nSPS) is 19.9. The molecule has 0 radical (unpaired) electrons. The third kappa shape index (κ3) is 2.87. The van der Waals surface area contributed by atoms with Gasteiger partial charge in [-0.1, -0.05) is 18.2 Å².